The molecule has 2 aromatic heterocycles. The van der Waals surface area contributed by atoms with Crippen molar-refractivity contribution in [2.75, 3.05) is 56.9 Å². The number of likely N-dealkylation sites (N-methyl/N-ethyl adjacent to an activating group) is 1. The van der Waals surface area contributed by atoms with Crippen LogP contribution in [0.2, 0.25) is 0 Å². The monoisotopic (exact) mass is 543 g/mol. The highest BCUT2D eigenvalue weighted by Crippen LogP contribution is 2.31. The van der Waals surface area contributed by atoms with Crippen LogP contribution in [0.15, 0.2) is 59.1 Å². The lowest BCUT2D eigenvalue weighted by molar-refractivity contribution is -0.117. The van der Waals surface area contributed by atoms with Gasteiger partial charge in [0.15, 0.2) is 0 Å². The molecule has 40 heavy (non-hydrogen) atoms. The molecule has 0 unspecified atom stereocenters. The molecule has 0 atom stereocenters. The topological polar surface area (TPSA) is 125 Å². The van der Waals surface area contributed by atoms with E-state index in [2.05, 4.69) is 42.6 Å². The molecule has 11 nitrogen and oxygen atoms in total. The van der Waals surface area contributed by atoms with Crippen molar-refractivity contribution in [3.63, 3.8) is 0 Å². The summed E-state index contributed by atoms with van der Waals surface area (Å²) in [6.07, 6.45) is 1.59. The van der Waals surface area contributed by atoms with E-state index >= 15 is 0 Å². The molecule has 0 saturated carbocycles. The SMILES string of the molecule is CCN1CCN(CC(=O)Nc2cccc(Nc3nccc(Oc4ccc5c(C(=O)NC)c(C)oc5c4)n3)c2)CC1. The van der Waals surface area contributed by atoms with Gasteiger partial charge in [-0.3, -0.25) is 14.5 Å². The molecular weight excluding hydrogens is 510 g/mol. The molecule has 1 aliphatic heterocycles. The second kappa shape index (κ2) is 12.1. The van der Waals surface area contributed by atoms with Gasteiger partial charge in [-0.25, -0.2) is 4.98 Å². The standard InChI is InChI=1S/C29H33N7O4/c1-4-35-12-14-36(15-13-35)18-25(37)32-20-6-5-7-21(16-20)33-29-31-11-10-26(34-29)40-22-8-9-23-24(17-22)39-19(2)27(23)28(38)30-3/h5-11,16-17H,4,12-15,18H2,1-3H3,(H,30,38)(H,32,37)(H,31,33,34). The normalized spacial score (nSPS) is 14.2. The Balaban J connectivity index is 1.21. The van der Waals surface area contributed by atoms with Gasteiger partial charge in [0.2, 0.25) is 17.7 Å². The van der Waals surface area contributed by atoms with Gasteiger partial charge in [-0.1, -0.05) is 13.0 Å². The second-order valence-electron chi connectivity index (χ2n) is 9.56. The van der Waals surface area contributed by atoms with Gasteiger partial charge in [-0.2, -0.15) is 4.98 Å². The van der Waals surface area contributed by atoms with Gasteiger partial charge < -0.3 is 30.0 Å². The molecular formula is C29H33N7O4. The molecule has 4 aromatic rings. The number of piperazine rings is 1. The van der Waals surface area contributed by atoms with Crippen LogP contribution in [0.3, 0.4) is 0 Å². The molecule has 3 heterocycles. The van der Waals surface area contributed by atoms with Crippen LogP contribution in [0.4, 0.5) is 17.3 Å². The maximum Gasteiger partial charge on any atom is 0.255 e. The number of rotatable bonds is 9. The summed E-state index contributed by atoms with van der Waals surface area (Å²) in [5.74, 6) is 1.47. The van der Waals surface area contributed by atoms with Crippen LogP contribution in [0, 0.1) is 6.92 Å². The minimum absolute atomic E-state index is 0.0418. The van der Waals surface area contributed by atoms with Crippen LogP contribution in [-0.4, -0.2) is 77.9 Å². The number of carbonyl (C=O) groups is 2. The van der Waals surface area contributed by atoms with Crippen molar-refractivity contribution in [1.29, 1.82) is 0 Å². The largest absolute Gasteiger partial charge is 0.460 e. The Morgan fingerprint density at radius 3 is 2.58 bits per heavy atom. The summed E-state index contributed by atoms with van der Waals surface area (Å²) >= 11 is 0. The third kappa shape index (κ3) is 6.38. The number of carbonyl (C=O) groups excluding carboxylic acids is 2. The Morgan fingerprint density at radius 1 is 1.02 bits per heavy atom. The number of furan rings is 1. The molecule has 0 radical (unpaired) electrons. The molecule has 0 aliphatic carbocycles. The first kappa shape index (κ1) is 27.1. The number of amides is 2. The van der Waals surface area contributed by atoms with Gasteiger partial charge in [0, 0.05) is 68.3 Å². The van der Waals surface area contributed by atoms with E-state index in [9.17, 15) is 9.59 Å². The average molecular weight is 544 g/mol. The highest BCUT2D eigenvalue weighted by Gasteiger charge is 2.19. The third-order valence-electron chi connectivity index (χ3n) is 6.83. The Bertz CT molecular complexity index is 1510. The Kier molecular flexibility index (Phi) is 8.23. The number of aryl methyl sites for hydroxylation is 1. The summed E-state index contributed by atoms with van der Waals surface area (Å²) in [5, 5.41) is 9.49. The first-order valence-electron chi connectivity index (χ1n) is 13.3. The van der Waals surface area contributed by atoms with E-state index < -0.39 is 0 Å². The van der Waals surface area contributed by atoms with E-state index in [-0.39, 0.29) is 11.8 Å². The highest BCUT2D eigenvalue weighted by molar-refractivity contribution is 6.07. The number of nitrogens with one attached hydrogen (secondary N) is 3. The zero-order valence-electron chi connectivity index (χ0n) is 22.9. The minimum atomic E-state index is -0.203. The first-order chi connectivity index (χ1) is 19.4. The minimum Gasteiger partial charge on any atom is -0.460 e. The molecule has 0 bridgehead atoms. The van der Waals surface area contributed by atoms with Crippen molar-refractivity contribution >= 4 is 40.1 Å². The fraction of sp³-hybridized carbons (Fsp3) is 0.310. The molecule has 11 heteroatoms. The summed E-state index contributed by atoms with van der Waals surface area (Å²) in [4.78, 5) is 38.1. The van der Waals surface area contributed by atoms with Crippen molar-refractivity contribution in [3.05, 3.63) is 66.1 Å². The zero-order valence-corrected chi connectivity index (χ0v) is 22.9. The number of aromatic nitrogens is 2. The van der Waals surface area contributed by atoms with Gasteiger partial charge in [0.25, 0.3) is 5.91 Å². The molecule has 1 saturated heterocycles. The van der Waals surface area contributed by atoms with Gasteiger partial charge in [0.05, 0.1) is 12.1 Å². The van der Waals surface area contributed by atoms with Crippen molar-refractivity contribution < 1.29 is 18.7 Å². The maximum absolute atomic E-state index is 12.6. The molecule has 2 amide bonds. The third-order valence-corrected chi connectivity index (χ3v) is 6.83. The van der Waals surface area contributed by atoms with Crippen LogP contribution >= 0.6 is 0 Å². The summed E-state index contributed by atoms with van der Waals surface area (Å²) in [6.45, 7) is 9.08. The number of ether oxygens (including phenoxy) is 1. The number of hydrogen-bond acceptors (Lipinski definition) is 9. The molecule has 1 aliphatic rings. The Morgan fingerprint density at radius 2 is 1.80 bits per heavy atom. The average Bonchev–Trinajstić information content (AvgIpc) is 3.28. The van der Waals surface area contributed by atoms with Gasteiger partial charge in [-0.05, 0) is 43.8 Å². The fourth-order valence-corrected chi connectivity index (χ4v) is 4.72. The predicted molar refractivity (Wildman–Crippen MR) is 153 cm³/mol. The van der Waals surface area contributed by atoms with Crippen molar-refractivity contribution in [2.45, 2.75) is 13.8 Å². The molecule has 5 rings (SSSR count). The quantitative estimate of drug-likeness (QED) is 0.287. The number of hydrogen-bond donors (Lipinski definition) is 3. The van der Waals surface area contributed by atoms with Crippen molar-refractivity contribution in [3.8, 4) is 11.6 Å². The number of fused-ring (bicyclic) bond motifs is 1. The van der Waals surface area contributed by atoms with Crippen LogP contribution in [-0.2, 0) is 4.79 Å². The predicted octanol–water partition coefficient (Wildman–Crippen LogP) is 4.00. The fourth-order valence-electron chi connectivity index (χ4n) is 4.72. The molecule has 1 fully saturated rings. The first-order valence-corrected chi connectivity index (χ1v) is 13.3. The lowest BCUT2D eigenvalue weighted by Crippen LogP contribution is -2.48. The summed E-state index contributed by atoms with van der Waals surface area (Å²) in [5.41, 5.74) is 2.46. The number of anilines is 3. The lowest BCUT2D eigenvalue weighted by atomic mass is 10.1. The summed E-state index contributed by atoms with van der Waals surface area (Å²) < 4.78 is 11.7. The van der Waals surface area contributed by atoms with Gasteiger partial charge in [-0.15, -0.1) is 0 Å². The van der Waals surface area contributed by atoms with Gasteiger partial charge >= 0.3 is 0 Å². The maximum atomic E-state index is 12.6. The van der Waals surface area contributed by atoms with E-state index in [1.165, 1.54) is 0 Å². The highest BCUT2D eigenvalue weighted by atomic mass is 16.5. The Labute approximate surface area is 232 Å². The van der Waals surface area contributed by atoms with Gasteiger partial charge in [0.1, 0.15) is 17.1 Å². The summed E-state index contributed by atoms with van der Waals surface area (Å²) in [7, 11) is 1.58. The molecule has 3 N–H and O–H groups in total. The van der Waals surface area contributed by atoms with Crippen molar-refractivity contribution in [2.24, 2.45) is 0 Å². The Hall–Kier alpha value is -4.48. The number of nitrogens with zero attached hydrogens (tertiary/aromatic N) is 4. The molecule has 208 valence electrons. The van der Waals surface area contributed by atoms with E-state index in [0.29, 0.717) is 52.1 Å². The molecule has 2 aromatic carbocycles. The van der Waals surface area contributed by atoms with E-state index in [4.69, 9.17) is 9.15 Å². The molecule has 0 spiro atoms. The van der Waals surface area contributed by atoms with Crippen LogP contribution < -0.4 is 20.7 Å². The van der Waals surface area contributed by atoms with Crippen LogP contribution in [0.5, 0.6) is 11.6 Å². The number of benzene rings is 2. The van der Waals surface area contributed by atoms with Crippen LogP contribution in [0.25, 0.3) is 11.0 Å². The van der Waals surface area contributed by atoms with Crippen LogP contribution in [0.1, 0.15) is 23.0 Å². The van der Waals surface area contributed by atoms with Crippen molar-refractivity contribution in [1.82, 2.24) is 25.1 Å². The zero-order chi connectivity index (χ0) is 28.1. The lowest BCUT2D eigenvalue weighted by Gasteiger charge is -2.33. The van der Waals surface area contributed by atoms with E-state index in [1.807, 2.05) is 24.3 Å². The second-order valence-corrected chi connectivity index (χ2v) is 9.56. The van der Waals surface area contributed by atoms with E-state index in [0.717, 1.165) is 38.4 Å². The smallest absolute Gasteiger partial charge is 0.255 e. The van der Waals surface area contributed by atoms with E-state index in [1.54, 1.807) is 44.4 Å². The summed E-state index contributed by atoms with van der Waals surface area (Å²) in [6, 6.07) is 14.3.